The number of H-pyrrole nitrogens is 1. The van der Waals surface area contributed by atoms with Gasteiger partial charge < -0.3 is 15.6 Å². The Morgan fingerprint density at radius 2 is 1.89 bits per heavy atom. The van der Waals surface area contributed by atoms with Crippen LogP contribution in [0.15, 0.2) is 36.7 Å². The number of nitrogens with two attached hydrogens (primary N) is 1. The van der Waals surface area contributed by atoms with E-state index in [2.05, 4.69) is 36.9 Å². The zero-order chi connectivity index (χ0) is 25.8. The second-order valence-corrected chi connectivity index (χ2v) is 11.5. The number of benzene rings is 1. The van der Waals surface area contributed by atoms with E-state index >= 15 is 0 Å². The summed E-state index contributed by atoms with van der Waals surface area (Å²) in [4.78, 5) is 28.8. The number of alkyl halides is 3. The van der Waals surface area contributed by atoms with Crippen LogP contribution >= 0.6 is 11.3 Å². The summed E-state index contributed by atoms with van der Waals surface area (Å²) < 4.78 is 38.7. The first kappa shape index (κ1) is 24.2. The minimum Gasteiger partial charge on any atom is -0.364 e. The molecule has 2 aliphatic heterocycles. The molecule has 0 saturated carbocycles. The Kier molecular flexibility index (Phi) is 5.87. The van der Waals surface area contributed by atoms with Crippen LogP contribution in [0.3, 0.4) is 0 Å². The molecule has 0 bridgehead atoms. The molecule has 2 fully saturated rings. The number of aromatic nitrogens is 3. The molecule has 11 heteroatoms. The number of aromatic amines is 1. The topological polar surface area (TPSA) is 91.1 Å². The normalized spacial score (nSPS) is 18.4. The number of hydrogen-bond donors (Lipinski definition) is 2. The highest BCUT2D eigenvalue weighted by Crippen LogP contribution is 2.43. The number of thiophene rings is 1. The lowest BCUT2D eigenvalue weighted by atomic mass is 9.78. The van der Waals surface area contributed by atoms with Crippen LogP contribution in [0.5, 0.6) is 0 Å². The maximum Gasteiger partial charge on any atom is 0.393 e. The summed E-state index contributed by atoms with van der Waals surface area (Å²) in [6, 6.07) is 9.59. The smallest absolute Gasteiger partial charge is 0.364 e. The van der Waals surface area contributed by atoms with Gasteiger partial charge >= 0.3 is 6.18 Å². The fourth-order valence-corrected chi connectivity index (χ4v) is 6.88. The van der Waals surface area contributed by atoms with E-state index in [1.807, 2.05) is 6.07 Å². The number of amides is 1. The molecule has 2 saturated heterocycles. The van der Waals surface area contributed by atoms with Crippen molar-refractivity contribution in [3.05, 3.63) is 52.8 Å². The third-order valence-electron chi connectivity index (χ3n) is 7.73. The molecule has 7 nitrogen and oxygen atoms in total. The molecule has 194 valence electrons. The van der Waals surface area contributed by atoms with Gasteiger partial charge in [0.25, 0.3) is 5.91 Å². The second kappa shape index (κ2) is 8.98. The average molecular weight is 529 g/mol. The van der Waals surface area contributed by atoms with Crippen LogP contribution in [0.4, 0.5) is 19.0 Å². The van der Waals surface area contributed by atoms with Crippen molar-refractivity contribution in [1.82, 2.24) is 19.9 Å². The summed E-state index contributed by atoms with van der Waals surface area (Å²) in [7, 11) is 0. The molecule has 3 N–H and O–H groups in total. The van der Waals surface area contributed by atoms with Gasteiger partial charge in [0, 0.05) is 42.0 Å². The molecule has 37 heavy (non-hydrogen) atoms. The van der Waals surface area contributed by atoms with E-state index in [1.54, 1.807) is 12.1 Å². The monoisotopic (exact) mass is 528 g/mol. The highest BCUT2D eigenvalue weighted by Gasteiger charge is 2.41. The van der Waals surface area contributed by atoms with Gasteiger partial charge in [0.15, 0.2) is 0 Å². The molecule has 1 aromatic carbocycles. The summed E-state index contributed by atoms with van der Waals surface area (Å²) in [5.74, 6) is 0.281. The number of rotatable bonds is 5. The highest BCUT2D eigenvalue weighted by molar-refractivity contribution is 7.18. The maximum absolute atomic E-state index is 12.9. The quantitative estimate of drug-likeness (QED) is 0.386. The molecule has 0 unspecified atom stereocenters. The van der Waals surface area contributed by atoms with E-state index in [1.165, 1.54) is 11.9 Å². The van der Waals surface area contributed by atoms with Gasteiger partial charge in [-0.15, -0.1) is 11.3 Å². The predicted molar refractivity (Wildman–Crippen MR) is 138 cm³/mol. The molecule has 1 spiro atoms. The molecule has 0 radical (unpaired) electrons. The summed E-state index contributed by atoms with van der Waals surface area (Å²) in [5, 5.41) is 1.69. The fraction of sp³-hybridized carbons (Fsp3) is 0.423. The number of piperidine rings is 1. The average Bonchev–Trinajstić information content (AvgIpc) is 3.55. The van der Waals surface area contributed by atoms with Crippen LogP contribution in [-0.2, 0) is 13.0 Å². The van der Waals surface area contributed by atoms with E-state index in [4.69, 9.17) is 5.73 Å². The van der Waals surface area contributed by atoms with Crippen LogP contribution in [0, 0.1) is 5.41 Å². The van der Waals surface area contributed by atoms with Crippen molar-refractivity contribution in [3.8, 4) is 0 Å². The molecular weight excluding hydrogens is 501 g/mol. The molecule has 6 rings (SSSR count). The van der Waals surface area contributed by atoms with Crippen molar-refractivity contribution >= 4 is 44.2 Å². The van der Waals surface area contributed by atoms with Crippen molar-refractivity contribution in [2.75, 3.05) is 31.1 Å². The SMILES string of the molecule is NC(=O)c1cc2ccc(CN3CCC4(CCN(c5ncnc6sc(CC(F)(F)F)cc56)CC4)C3)cc2[nH]1. The standard InChI is InChI=1S/C26H27F3N6OS/c27-26(28,29)12-18-11-19-23(31-15-32-24(19)37-18)35-7-4-25(5-8-35)3-6-34(14-25)13-16-1-2-17-10-21(22(30)36)33-20(17)9-16/h1-2,9-11,15,33H,3-8,12-14H2,(H2,30,36). The number of carbonyl (C=O) groups excluding carboxylic acids is 1. The van der Waals surface area contributed by atoms with Gasteiger partial charge in [0.05, 0.1) is 11.8 Å². The first-order chi connectivity index (χ1) is 17.7. The van der Waals surface area contributed by atoms with Crippen molar-refractivity contribution < 1.29 is 18.0 Å². The van der Waals surface area contributed by atoms with E-state index in [9.17, 15) is 18.0 Å². The fourth-order valence-electron chi connectivity index (χ4n) is 5.86. The number of halogens is 3. The Morgan fingerprint density at radius 1 is 1.11 bits per heavy atom. The number of anilines is 1. The van der Waals surface area contributed by atoms with Gasteiger partial charge in [-0.25, -0.2) is 9.97 Å². The van der Waals surface area contributed by atoms with E-state index in [-0.39, 0.29) is 10.3 Å². The summed E-state index contributed by atoms with van der Waals surface area (Å²) in [5.41, 5.74) is 8.16. The lowest BCUT2D eigenvalue weighted by Gasteiger charge is -2.40. The Hall–Kier alpha value is -3.18. The second-order valence-electron chi connectivity index (χ2n) is 10.3. The van der Waals surface area contributed by atoms with E-state index < -0.39 is 18.5 Å². The molecule has 2 aliphatic rings. The Labute approximate surface area is 215 Å². The number of likely N-dealkylation sites (tertiary alicyclic amines) is 1. The largest absolute Gasteiger partial charge is 0.393 e. The van der Waals surface area contributed by atoms with Gasteiger partial charge in [0.1, 0.15) is 22.7 Å². The van der Waals surface area contributed by atoms with Crippen LogP contribution in [-0.4, -0.2) is 58.1 Å². The van der Waals surface area contributed by atoms with Crippen LogP contribution in [0.25, 0.3) is 21.1 Å². The number of primary amides is 1. The van der Waals surface area contributed by atoms with Gasteiger partial charge in [-0.3, -0.25) is 9.69 Å². The third kappa shape index (κ3) is 4.89. The number of nitrogens with zero attached hydrogens (tertiary/aromatic N) is 4. The molecule has 1 amide bonds. The van der Waals surface area contributed by atoms with E-state index in [0.717, 1.165) is 85.4 Å². The Balaban J connectivity index is 1.11. The summed E-state index contributed by atoms with van der Waals surface area (Å²) >= 11 is 1.10. The third-order valence-corrected chi connectivity index (χ3v) is 8.78. The van der Waals surface area contributed by atoms with Crippen molar-refractivity contribution in [2.45, 2.75) is 38.4 Å². The Bertz CT molecular complexity index is 1470. The first-order valence-corrected chi connectivity index (χ1v) is 13.2. The van der Waals surface area contributed by atoms with Crippen LogP contribution in [0.1, 0.15) is 40.2 Å². The first-order valence-electron chi connectivity index (χ1n) is 12.4. The van der Waals surface area contributed by atoms with Crippen molar-refractivity contribution in [2.24, 2.45) is 11.1 Å². The molecule has 4 aromatic rings. The molecular formula is C26H27F3N6OS. The minimum absolute atomic E-state index is 0.244. The van der Waals surface area contributed by atoms with Crippen LogP contribution < -0.4 is 10.6 Å². The lowest BCUT2D eigenvalue weighted by Crippen LogP contribution is -2.42. The summed E-state index contributed by atoms with van der Waals surface area (Å²) in [6.45, 7) is 4.54. The van der Waals surface area contributed by atoms with E-state index in [0.29, 0.717) is 10.5 Å². The predicted octanol–water partition coefficient (Wildman–Crippen LogP) is 4.87. The number of nitrogens with one attached hydrogen (secondary N) is 1. The van der Waals surface area contributed by atoms with Gasteiger partial charge in [-0.05, 0) is 55.0 Å². The minimum atomic E-state index is -4.24. The zero-order valence-electron chi connectivity index (χ0n) is 20.1. The maximum atomic E-state index is 12.9. The van der Waals surface area contributed by atoms with Crippen molar-refractivity contribution in [3.63, 3.8) is 0 Å². The molecule has 3 aromatic heterocycles. The summed E-state index contributed by atoms with van der Waals surface area (Å²) in [6.07, 6.45) is -0.542. The van der Waals surface area contributed by atoms with Gasteiger partial charge in [-0.2, -0.15) is 13.2 Å². The van der Waals surface area contributed by atoms with Gasteiger partial charge in [-0.1, -0.05) is 12.1 Å². The molecule has 0 aliphatic carbocycles. The van der Waals surface area contributed by atoms with Gasteiger partial charge in [0.2, 0.25) is 0 Å². The molecule has 0 atom stereocenters. The van der Waals surface area contributed by atoms with Crippen molar-refractivity contribution in [1.29, 1.82) is 0 Å². The molecule has 5 heterocycles. The zero-order valence-corrected chi connectivity index (χ0v) is 21.0. The van der Waals surface area contributed by atoms with Crippen LogP contribution in [0.2, 0.25) is 0 Å². The number of fused-ring (bicyclic) bond motifs is 2. The number of hydrogen-bond acceptors (Lipinski definition) is 6. The lowest BCUT2D eigenvalue weighted by molar-refractivity contribution is -0.126. The highest BCUT2D eigenvalue weighted by atomic mass is 32.1. The number of carbonyl (C=O) groups is 1. The Morgan fingerprint density at radius 3 is 2.65 bits per heavy atom.